The van der Waals surface area contributed by atoms with Crippen molar-refractivity contribution in [2.24, 2.45) is 5.92 Å². The lowest BCUT2D eigenvalue weighted by Gasteiger charge is -2.31. The van der Waals surface area contributed by atoms with Crippen LogP contribution in [0.15, 0.2) is 18.2 Å². The lowest BCUT2D eigenvalue weighted by atomic mass is 9.97. The molecule has 1 amide bonds. The number of carbonyl (C=O) groups excluding carboxylic acids is 1. The SMILES string of the molecule is Cc1cc(C#N)ccc1CN1CCCC(C)C1=O. The Balaban J connectivity index is 2.14. The second kappa shape index (κ2) is 5.22. The number of aryl methyl sites for hydroxylation is 1. The number of rotatable bonds is 2. The highest BCUT2D eigenvalue weighted by Crippen LogP contribution is 2.21. The number of piperidine rings is 1. The molecule has 0 N–H and O–H groups in total. The summed E-state index contributed by atoms with van der Waals surface area (Å²) in [5, 5.41) is 8.84. The molecule has 2 rings (SSSR count). The Bertz CT molecular complexity index is 502. The van der Waals surface area contributed by atoms with Gasteiger partial charge in [-0.2, -0.15) is 5.26 Å². The summed E-state index contributed by atoms with van der Waals surface area (Å²) in [7, 11) is 0. The van der Waals surface area contributed by atoms with Crippen molar-refractivity contribution in [1.82, 2.24) is 4.90 Å². The number of hydrogen-bond acceptors (Lipinski definition) is 2. The van der Waals surface area contributed by atoms with Crippen molar-refractivity contribution in [1.29, 1.82) is 5.26 Å². The molecule has 1 aliphatic heterocycles. The molecule has 1 aromatic carbocycles. The minimum Gasteiger partial charge on any atom is -0.338 e. The maximum absolute atomic E-state index is 12.0. The van der Waals surface area contributed by atoms with Crippen molar-refractivity contribution in [2.45, 2.75) is 33.2 Å². The van der Waals surface area contributed by atoms with Crippen molar-refractivity contribution in [2.75, 3.05) is 6.54 Å². The summed E-state index contributed by atoms with van der Waals surface area (Å²) in [6, 6.07) is 7.79. The lowest BCUT2D eigenvalue weighted by molar-refractivity contribution is -0.138. The summed E-state index contributed by atoms with van der Waals surface area (Å²) in [4.78, 5) is 14.0. The molecule has 0 aliphatic carbocycles. The van der Waals surface area contributed by atoms with Gasteiger partial charge in [0.15, 0.2) is 0 Å². The normalized spacial score (nSPS) is 19.7. The molecule has 1 saturated heterocycles. The van der Waals surface area contributed by atoms with Gasteiger partial charge in [-0.15, -0.1) is 0 Å². The van der Waals surface area contributed by atoms with Crippen molar-refractivity contribution in [3.8, 4) is 6.07 Å². The number of likely N-dealkylation sites (tertiary alicyclic amines) is 1. The average Bonchev–Trinajstić information content (AvgIpc) is 2.37. The van der Waals surface area contributed by atoms with Crippen LogP contribution in [-0.4, -0.2) is 17.4 Å². The van der Waals surface area contributed by atoms with Crippen molar-refractivity contribution in [3.63, 3.8) is 0 Å². The third kappa shape index (κ3) is 2.53. The number of carbonyl (C=O) groups is 1. The predicted octanol–water partition coefficient (Wildman–Crippen LogP) is 2.63. The quantitative estimate of drug-likeness (QED) is 0.800. The molecule has 0 saturated carbocycles. The van der Waals surface area contributed by atoms with E-state index in [9.17, 15) is 4.79 Å². The van der Waals surface area contributed by atoms with Crippen molar-refractivity contribution in [3.05, 3.63) is 34.9 Å². The lowest BCUT2D eigenvalue weighted by Crippen LogP contribution is -2.39. The second-order valence-corrected chi connectivity index (χ2v) is 5.06. The summed E-state index contributed by atoms with van der Waals surface area (Å²) < 4.78 is 0. The smallest absolute Gasteiger partial charge is 0.225 e. The van der Waals surface area contributed by atoms with Crippen LogP contribution in [0.2, 0.25) is 0 Å². The topological polar surface area (TPSA) is 44.1 Å². The van der Waals surface area contributed by atoms with Gasteiger partial charge in [-0.3, -0.25) is 4.79 Å². The summed E-state index contributed by atoms with van der Waals surface area (Å²) in [5.74, 6) is 0.405. The molecule has 0 aromatic heterocycles. The first-order valence-electron chi connectivity index (χ1n) is 6.40. The number of nitrogens with zero attached hydrogens (tertiary/aromatic N) is 2. The number of hydrogen-bond donors (Lipinski definition) is 0. The first kappa shape index (κ1) is 12.6. The maximum atomic E-state index is 12.0. The van der Waals surface area contributed by atoms with E-state index in [2.05, 4.69) is 6.07 Å². The first-order valence-corrected chi connectivity index (χ1v) is 6.40. The average molecular weight is 242 g/mol. The molecule has 1 fully saturated rings. The molecular formula is C15H18N2O. The van der Waals surface area contributed by atoms with E-state index in [1.165, 1.54) is 0 Å². The molecule has 1 atom stereocenters. The van der Waals surface area contributed by atoms with Crippen LogP contribution in [-0.2, 0) is 11.3 Å². The summed E-state index contributed by atoms with van der Waals surface area (Å²) in [6.45, 7) is 5.51. The molecule has 1 aliphatic rings. The van der Waals surface area contributed by atoms with Crippen LogP contribution in [0.1, 0.15) is 36.5 Å². The van der Waals surface area contributed by atoms with E-state index >= 15 is 0 Å². The fourth-order valence-electron chi connectivity index (χ4n) is 2.44. The van der Waals surface area contributed by atoms with Gasteiger partial charge >= 0.3 is 0 Å². The van der Waals surface area contributed by atoms with Crippen LogP contribution in [0.3, 0.4) is 0 Å². The molecule has 0 bridgehead atoms. The highest BCUT2D eigenvalue weighted by Gasteiger charge is 2.25. The van der Waals surface area contributed by atoms with Crippen LogP contribution < -0.4 is 0 Å². The van der Waals surface area contributed by atoms with E-state index < -0.39 is 0 Å². The van der Waals surface area contributed by atoms with Gasteiger partial charge in [0.1, 0.15) is 0 Å². The highest BCUT2D eigenvalue weighted by molar-refractivity contribution is 5.79. The molecule has 18 heavy (non-hydrogen) atoms. The van der Waals surface area contributed by atoms with E-state index in [1.807, 2.05) is 36.9 Å². The molecule has 1 aromatic rings. The number of nitriles is 1. The maximum Gasteiger partial charge on any atom is 0.225 e. The number of amides is 1. The predicted molar refractivity (Wildman–Crippen MR) is 69.7 cm³/mol. The first-order chi connectivity index (χ1) is 8.61. The van der Waals surface area contributed by atoms with Crippen LogP contribution in [0.4, 0.5) is 0 Å². The summed E-state index contributed by atoms with van der Waals surface area (Å²) in [6.07, 6.45) is 2.09. The zero-order valence-corrected chi connectivity index (χ0v) is 10.9. The van der Waals surface area contributed by atoms with Gasteiger partial charge < -0.3 is 4.90 Å². The highest BCUT2D eigenvalue weighted by atomic mass is 16.2. The Hall–Kier alpha value is -1.82. The Labute approximate surface area is 108 Å². The van der Waals surface area contributed by atoms with E-state index in [0.717, 1.165) is 30.5 Å². The Morgan fingerprint density at radius 1 is 1.50 bits per heavy atom. The van der Waals surface area contributed by atoms with Gasteiger partial charge in [-0.25, -0.2) is 0 Å². The van der Waals surface area contributed by atoms with Gasteiger partial charge in [0.25, 0.3) is 0 Å². The molecule has 3 nitrogen and oxygen atoms in total. The molecular weight excluding hydrogens is 224 g/mol. The largest absolute Gasteiger partial charge is 0.338 e. The fraction of sp³-hybridized carbons (Fsp3) is 0.467. The minimum absolute atomic E-state index is 0.150. The Morgan fingerprint density at radius 2 is 2.28 bits per heavy atom. The molecule has 0 spiro atoms. The zero-order valence-electron chi connectivity index (χ0n) is 10.9. The van der Waals surface area contributed by atoms with Gasteiger partial charge in [-0.1, -0.05) is 13.0 Å². The fourth-order valence-corrected chi connectivity index (χ4v) is 2.44. The van der Waals surface area contributed by atoms with Gasteiger partial charge in [0.2, 0.25) is 5.91 Å². The monoisotopic (exact) mass is 242 g/mol. The van der Waals surface area contributed by atoms with Crippen LogP contribution >= 0.6 is 0 Å². The molecule has 1 unspecified atom stereocenters. The molecule has 1 heterocycles. The van der Waals surface area contributed by atoms with E-state index in [1.54, 1.807) is 0 Å². The summed E-state index contributed by atoms with van der Waals surface area (Å²) >= 11 is 0. The number of benzene rings is 1. The zero-order chi connectivity index (χ0) is 13.1. The van der Waals surface area contributed by atoms with E-state index in [4.69, 9.17) is 5.26 Å². The molecule has 3 heteroatoms. The molecule has 94 valence electrons. The van der Waals surface area contributed by atoms with Crippen molar-refractivity contribution >= 4 is 5.91 Å². The molecule has 0 radical (unpaired) electrons. The van der Waals surface area contributed by atoms with Crippen LogP contribution in [0, 0.1) is 24.2 Å². The van der Waals surface area contributed by atoms with Gasteiger partial charge in [0, 0.05) is 19.0 Å². The Kier molecular flexibility index (Phi) is 3.66. The van der Waals surface area contributed by atoms with Crippen molar-refractivity contribution < 1.29 is 4.79 Å². The van der Waals surface area contributed by atoms with Crippen LogP contribution in [0.5, 0.6) is 0 Å². The van der Waals surface area contributed by atoms with E-state index in [-0.39, 0.29) is 11.8 Å². The van der Waals surface area contributed by atoms with Gasteiger partial charge in [-0.05, 0) is 43.0 Å². The van der Waals surface area contributed by atoms with Crippen LogP contribution in [0.25, 0.3) is 0 Å². The third-order valence-corrected chi connectivity index (χ3v) is 3.63. The minimum atomic E-state index is 0.150. The third-order valence-electron chi connectivity index (χ3n) is 3.63. The van der Waals surface area contributed by atoms with E-state index in [0.29, 0.717) is 12.1 Å². The second-order valence-electron chi connectivity index (χ2n) is 5.06. The standard InChI is InChI=1S/C15H18N2O/c1-11-4-3-7-17(15(11)18)10-14-6-5-13(9-16)8-12(14)2/h5-6,8,11H,3-4,7,10H2,1-2H3. The summed E-state index contributed by atoms with van der Waals surface area (Å²) in [5.41, 5.74) is 2.89. The van der Waals surface area contributed by atoms with Gasteiger partial charge in [0.05, 0.1) is 11.6 Å². The Morgan fingerprint density at radius 3 is 2.94 bits per heavy atom.